The van der Waals surface area contributed by atoms with Gasteiger partial charge in [0.1, 0.15) is 6.33 Å². The van der Waals surface area contributed by atoms with Crippen molar-refractivity contribution in [1.82, 2.24) is 14.8 Å². The third kappa shape index (κ3) is 2.08. The molecule has 0 saturated carbocycles. The summed E-state index contributed by atoms with van der Waals surface area (Å²) in [5.41, 5.74) is -1.25. The van der Waals surface area contributed by atoms with E-state index in [0.717, 1.165) is 0 Å². The Morgan fingerprint density at radius 3 is 2.53 bits per heavy atom. The molecule has 84 valence electrons. The molecule has 0 aliphatic heterocycles. The molecular formula is C9H15N3O3. The fourth-order valence-corrected chi connectivity index (χ4v) is 1.55. The van der Waals surface area contributed by atoms with Crippen LogP contribution in [0.4, 0.5) is 0 Å². The predicted octanol–water partition coefficient (Wildman–Crippen LogP) is 0.462. The lowest BCUT2D eigenvalue weighted by molar-refractivity contribution is -0.150. The van der Waals surface area contributed by atoms with E-state index in [1.807, 2.05) is 13.8 Å². The van der Waals surface area contributed by atoms with Crippen LogP contribution in [0.1, 0.15) is 26.7 Å². The fourth-order valence-electron chi connectivity index (χ4n) is 1.55. The molecule has 0 unspecified atom stereocenters. The minimum atomic E-state index is -0.881. The number of H-pyrrole nitrogens is 1. The Balaban J connectivity index is 2.99. The van der Waals surface area contributed by atoms with Gasteiger partial charge in [0, 0.05) is 6.54 Å². The van der Waals surface area contributed by atoms with Gasteiger partial charge in [-0.05, 0) is 12.8 Å². The van der Waals surface area contributed by atoms with Crippen molar-refractivity contribution in [2.24, 2.45) is 5.41 Å². The molecule has 0 amide bonds. The van der Waals surface area contributed by atoms with Crippen LogP contribution in [0, 0.1) is 5.41 Å². The smallest absolute Gasteiger partial charge is 0.343 e. The normalized spacial score (nSPS) is 11.6. The Morgan fingerprint density at radius 1 is 1.60 bits per heavy atom. The summed E-state index contributed by atoms with van der Waals surface area (Å²) in [6.07, 6.45) is 2.29. The van der Waals surface area contributed by atoms with Gasteiger partial charge in [-0.15, -0.1) is 0 Å². The minimum absolute atomic E-state index is 0.157. The molecule has 15 heavy (non-hydrogen) atoms. The van der Waals surface area contributed by atoms with Gasteiger partial charge in [-0.2, -0.15) is 5.10 Å². The lowest BCUT2D eigenvalue weighted by Crippen LogP contribution is -2.37. The van der Waals surface area contributed by atoms with Gasteiger partial charge >= 0.3 is 11.7 Å². The summed E-state index contributed by atoms with van der Waals surface area (Å²) in [5.74, 6) is -0.874. The number of hydrogen-bond acceptors (Lipinski definition) is 3. The van der Waals surface area contributed by atoms with Crippen molar-refractivity contribution in [3.63, 3.8) is 0 Å². The molecule has 0 aliphatic carbocycles. The minimum Gasteiger partial charge on any atom is -0.481 e. The van der Waals surface area contributed by atoms with E-state index in [4.69, 9.17) is 5.11 Å². The second-order valence-corrected chi connectivity index (χ2v) is 3.58. The molecule has 2 N–H and O–H groups in total. The van der Waals surface area contributed by atoms with Gasteiger partial charge in [0.25, 0.3) is 0 Å². The molecule has 1 aromatic rings. The zero-order valence-corrected chi connectivity index (χ0v) is 8.86. The van der Waals surface area contributed by atoms with Crippen LogP contribution in [0.3, 0.4) is 0 Å². The molecule has 0 saturated heterocycles. The number of hydrogen-bond donors (Lipinski definition) is 2. The number of carboxylic acid groups (broad SMARTS) is 1. The van der Waals surface area contributed by atoms with Crippen molar-refractivity contribution in [2.45, 2.75) is 33.2 Å². The van der Waals surface area contributed by atoms with Crippen LogP contribution in [-0.4, -0.2) is 25.8 Å². The Kier molecular flexibility index (Phi) is 3.28. The van der Waals surface area contributed by atoms with E-state index in [2.05, 4.69) is 10.2 Å². The zero-order valence-electron chi connectivity index (χ0n) is 8.86. The number of aromatic nitrogens is 3. The third-order valence-electron chi connectivity index (χ3n) is 2.90. The number of rotatable bonds is 5. The maximum atomic E-state index is 11.2. The Hall–Kier alpha value is -1.59. The van der Waals surface area contributed by atoms with Gasteiger partial charge in [-0.25, -0.2) is 9.89 Å². The highest BCUT2D eigenvalue weighted by Crippen LogP contribution is 2.28. The van der Waals surface area contributed by atoms with E-state index in [1.165, 1.54) is 10.9 Å². The number of aromatic amines is 1. The van der Waals surface area contributed by atoms with Gasteiger partial charge in [0.05, 0.1) is 5.41 Å². The molecule has 1 heterocycles. The van der Waals surface area contributed by atoms with Crippen LogP contribution in [0.25, 0.3) is 0 Å². The molecule has 0 fully saturated rings. The van der Waals surface area contributed by atoms with E-state index in [9.17, 15) is 9.59 Å². The molecule has 0 atom stereocenters. The zero-order chi connectivity index (χ0) is 11.5. The highest BCUT2D eigenvalue weighted by Gasteiger charge is 2.35. The first-order valence-electron chi connectivity index (χ1n) is 4.89. The molecular weight excluding hydrogens is 198 g/mol. The summed E-state index contributed by atoms with van der Waals surface area (Å²) >= 11 is 0. The first-order valence-corrected chi connectivity index (χ1v) is 4.89. The van der Waals surface area contributed by atoms with E-state index in [1.54, 1.807) is 0 Å². The van der Waals surface area contributed by atoms with Crippen LogP contribution in [-0.2, 0) is 11.3 Å². The lowest BCUT2D eigenvalue weighted by atomic mass is 9.82. The van der Waals surface area contributed by atoms with Crippen molar-refractivity contribution in [3.8, 4) is 0 Å². The number of aliphatic carboxylic acids is 1. The molecule has 0 aromatic carbocycles. The summed E-state index contributed by atoms with van der Waals surface area (Å²) in [4.78, 5) is 22.4. The maximum absolute atomic E-state index is 11.2. The summed E-state index contributed by atoms with van der Waals surface area (Å²) in [6.45, 7) is 3.77. The molecule has 0 bridgehead atoms. The summed E-state index contributed by atoms with van der Waals surface area (Å²) < 4.78 is 1.29. The number of nitrogens with one attached hydrogen (secondary N) is 1. The molecule has 0 radical (unpaired) electrons. The van der Waals surface area contributed by atoms with Gasteiger partial charge < -0.3 is 5.11 Å². The van der Waals surface area contributed by atoms with Crippen molar-refractivity contribution in [2.75, 3.05) is 0 Å². The quantitative estimate of drug-likeness (QED) is 0.743. The standard InChI is InChI=1S/C9H15N3O3/c1-3-9(4-2,7(13)14)5-12-6-10-11-8(12)15/h6H,3-5H2,1-2H3,(H,11,15)(H,13,14). The average molecular weight is 213 g/mol. The fraction of sp³-hybridized carbons (Fsp3) is 0.667. The summed E-state index contributed by atoms with van der Waals surface area (Å²) in [6, 6.07) is 0. The van der Waals surface area contributed by atoms with Crippen LogP contribution < -0.4 is 5.69 Å². The molecule has 1 rings (SSSR count). The van der Waals surface area contributed by atoms with Crippen molar-refractivity contribution >= 4 is 5.97 Å². The molecule has 0 spiro atoms. The summed E-state index contributed by atoms with van der Waals surface area (Å²) in [5, 5.41) is 15.0. The second-order valence-electron chi connectivity index (χ2n) is 3.58. The highest BCUT2D eigenvalue weighted by molar-refractivity contribution is 5.74. The Morgan fingerprint density at radius 2 is 2.20 bits per heavy atom. The average Bonchev–Trinajstić information content (AvgIpc) is 2.60. The SMILES string of the molecule is CCC(CC)(Cn1cn[nH]c1=O)C(=O)O. The monoisotopic (exact) mass is 213 g/mol. The van der Waals surface area contributed by atoms with E-state index < -0.39 is 11.4 Å². The van der Waals surface area contributed by atoms with Gasteiger partial charge in [0.2, 0.25) is 0 Å². The first-order chi connectivity index (χ1) is 7.05. The molecule has 1 aromatic heterocycles. The summed E-state index contributed by atoms with van der Waals surface area (Å²) in [7, 11) is 0. The largest absolute Gasteiger partial charge is 0.481 e. The third-order valence-corrected chi connectivity index (χ3v) is 2.90. The molecule has 6 heteroatoms. The van der Waals surface area contributed by atoms with Crippen molar-refractivity contribution in [1.29, 1.82) is 0 Å². The number of nitrogens with zero attached hydrogens (tertiary/aromatic N) is 2. The van der Waals surface area contributed by atoms with E-state index in [0.29, 0.717) is 12.8 Å². The molecule has 0 aliphatic rings. The van der Waals surface area contributed by atoms with Crippen LogP contribution in [0.15, 0.2) is 11.1 Å². The Labute approximate surface area is 86.9 Å². The Bertz CT molecular complexity index is 389. The number of carboxylic acids is 1. The number of carbonyl (C=O) groups is 1. The van der Waals surface area contributed by atoms with E-state index in [-0.39, 0.29) is 12.2 Å². The predicted molar refractivity (Wildman–Crippen MR) is 53.5 cm³/mol. The molecule has 6 nitrogen and oxygen atoms in total. The van der Waals surface area contributed by atoms with Crippen LogP contribution in [0.2, 0.25) is 0 Å². The van der Waals surface area contributed by atoms with Gasteiger partial charge in [-0.3, -0.25) is 9.36 Å². The van der Waals surface area contributed by atoms with Gasteiger partial charge in [-0.1, -0.05) is 13.8 Å². The lowest BCUT2D eigenvalue weighted by Gasteiger charge is -2.26. The van der Waals surface area contributed by atoms with Crippen LogP contribution in [0.5, 0.6) is 0 Å². The van der Waals surface area contributed by atoms with Gasteiger partial charge in [0.15, 0.2) is 0 Å². The van der Waals surface area contributed by atoms with Crippen molar-refractivity contribution < 1.29 is 9.90 Å². The van der Waals surface area contributed by atoms with Crippen LogP contribution >= 0.6 is 0 Å². The highest BCUT2D eigenvalue weighted by atomic mass is 16.4. The maximum Gasteiger partial charge on any atom is 0.343 e. The first kappa shape index (κ1) is 11.5. The van der Waals surface area contributed by atoms with Crippen molar-refractivity contribution in [3.05, 3.63) is 16.8 Å². The van der Waals surface area contributed by atoms with E-state index >= 15 is 0 Å². The topological polar surface area (TPSA) is 88.0 Å². The second kappa shape index (κ2) is 4.29.